The number of nitrogens with one attached hydrogen (secondary N) is 1. The van der Waals surface area contributed by atoms with Crippen LogP contribution in [0.15, 0.2) is 83.9 Å². The number of nitrogens with zero attached hydrogens (tertiary/aromatic N) is 4. The average Bonchev–Trinajstić information content (AvgIpc) is 3.23. The molecule has 2 aromatic carbocycles. The Morgan fingerprint density at radius 2 is 1.84 bits per heavy atom. The van der Waals surface area contributed by atoms with Crippen molar-refractivity contribution in [3.05, 3.63) is 112 Å². The third kappa shape index (κ3) is 4.68. The number of amides is 1. The van der Waals surface area contributed by atoms with E-state index in [0.717, 1.165) is 6.08 Å². The van der Waals surface area contributed by atoms with Gasteiger partial charge in [0.1, 0.15) is 5.56 Å². The molecule has 5 aromatic rings. The molecule has 1 unspecified atom stereocenters. The van der Waals surface area contributed by atoms with Crippen molar-refractivity contribution in [3.63, 3.8) is 0 Å². The van der Waals surface area contributed by atoms with Crippen LogP contribution in [0.25, 0.3) is 28.2 Å². The van der Waals surface area contributed by atoms with Gasteiger partial charge in [0.15, 0.2) is 5.65 Å². The van der Waals surface area contributed by atoms with Gasteiger partial charge < -0.3 is 5.32 Å². The predicted molar refractivity (Wildman–Crippen MR) is 138 cm³/mol. The first-order chi connectivity index (χ1) is 18.1. The average molecular weight is 518 g/mol. The summed E-state index contributed by atoms with van der Waals surface area (Å²) in [7, 11) is 0. The van der Waals surface area contributed by atoms with E-state index in [1.807, 2.05) is 0 Å². The summed E-state index contributed by atoms with van der Waals surface area (Å²) in [6.07, 6.45) is -0.262. The molecule has 0 saturated heterocycles. The molecule has 38 heavy (non-hydrogen) atoms. The Morgan fingerprint density at radius 1 is 1.08 bits per heavy atom. The number of rotatable bonds is 5. The molecule has 1 N–H and O–H groups in total. The lowest BCUT2D eigenvalue weighted by atomic mass is 10.0. The fourth-order valence-corrected chi connectivity index (χ4v) is 4.50. The molecular weight excluding hydrogens is 495 g/mol. The van der Waals surface area contributed by atoms with Crippen molar-refractivity contribution in [3.8, 4) is 5.69 Å². The molecule has 0 aliphatic rings. The second-order valence-electron chi connectivity index (χ2n) is 8.78. The quantitative estimate of drug-likeness (QED) is 0.338. The van der Waals surface area contributed by atoms with E-state index in [1.54, 1.807) is 80.8 Å². The van der Waals surface area contributed by atoms with Gasteiger partial charge in [-0.25, -0.2) is 9.50 Å². The largest absolute Gasteiger partial charge is 0.409 e. The summed E-state index contributed by atoms with van der Waals surface area (Å²) in [6, 6.07) is 16.2. The molecule has 1 atom stereocenters. The third-order valence-electron chi connectivity index (χ3n) is 6.16. The van der Waals surface area contributed by atoms with Crippen LogP contribution in [0.1, 0.15) is 40.3 Å². The topological polar surface area (TPSA) is 81.3 Å². The number of fused-ring (bicyclic) bond motifs is 2. The fourth-order valence-electron chi connectivity index (χ4n) is 4.50. The second-order valence-corrected chi connectivity index (χ2v) is 8.78. The molecule has 192 valence electrons. The van der Waals surface area contributed by atoms with Crippen molar-refractivity contribution < 1.29 is 18.0 Å². The molecule has 3 aromatic heterocycles. The SMILES string of the molecule is Cc1nn2cccnc2c1C(=O)NC(C)c1cc2cccc(/C=C/C(F)(F)F)c2c(=O)n1-c1ccccc1. The normalized spacial score (nSPS) is 12.9. The number of halogens is 3. The number of para-hydroxylation sites is 1. The minimum absolute atomic E-state index is 0.109. The molecule has 0 radical (unpaired) electrons. The predicted octanol–water partition coefficient (Wildman–Crippen LogP) is 5.41. The molecule has 0 fully saturated rings. The highest BCUT2D eigenvalue weighted by Gasteiger charge is 2.24. The Kier molecular flexibility index (Phi) is 6.31. The smallest absolute Gasteiger partial charge is 0.344 e. The van der Waals surface area contributed by atoms with E-state index in [4.69, 9.17) is 0 Å². The van der Waals surface area contributed by atoms with E-state index in [9.17, 15) is 22.8 Å². The number of alkyl halides is 3. The standard InChI is InChI=1S/C28H22F3N5O2/c1-17(33-26(37)23-18(2)34-35-15-7-14-32-25(23)35)22-16-20-9-6-8-19(12-13-28(29,30)31)24(20)27(38)36(22)21-10-4-3-5-11-21/h3-17H,1-2H3,(H,33,37)/b13-12+. The van der Waals surface area contributed by atoms with Crippen LogP contribution < -0.4 is 10.9 Å². The Bertz CT molecular complexity index is 1750. The summed E-state index contributed by atoms with van der Waals surface area (Å²) in [4.78, 5) is 31.5. The number of carbonyl (C=O) groups excluding carboxylic acids is 1. The molecular formula is C28H22F3N5O2. The maximum Gasteiger partial charge on any atom is 0.409 e. The highest BCUT2D eigenvalue weighted by Crippen LogP contribution is 2.26. The van der Waals surface area contributed by atoms with Gasteiger partial charge >= 0.3 is 6.18 Å². The lowest BCUT2D eigenvalue weighted by molar-refractivity contribution is -0.0790. The minimum Gasteiger partial charge on any atom is -0.344 e. The molecule has 10 heteroatoms. The second kappa shape index (κ2) is 9.62. The van der Waals surface area contributed by atoms with Crippen LogP contribution in [0.5, 0.6) is 0 Å². The summed E-state index contributed by atoms with van der Waals surface area (Å²) in [5.41, 5.74) is 1.82. The molecule has 0 aliphatic heterocycles. The molecule has 7 nitrogen and oxygen atoms in total. The number of carbonyl (C=O) groups is 1. The first kappa shape index (κ1) is 24.9. The zero-order valence-corrected chi connectivity index (χ0v) is 20.4. The van der Waals surface area contributed by atoms with Crippen molar-refractivity contribution in [2.24, 2.45) is 0 Å². The zero-order chi connectivity index (χ0) is 27.0. The van der Waals surface area contributed by atoms with Gasteiger partial charge in [-0.15, -0.1) is 0 Å². The van der Waals surface area contributed by atoms with Gasteiger partial charge in [-0.05, 0) is 55.1 Å². The lowest BCUT2D eigenvalue weighted by Crippen LogP contribution is -2.32. The summed E-state index contributed by atoms with van der Waals surface area (Å²) in [5, 5.41) is 7.86. The van der Waals surface area contributed by atoms with Crippen molar-refractivity contribution in [2.75, 3.05) is 0 Å². The van der Waals surface area contributed by atoms with Gasteiger partial charge in [-0.3, -0.25) is 14.2 Å². The zero-order valence-electron chi connectivity index (χ0n) is 20.4. The molecule has 5 rings (SSSR count). The van der Waals surface area contributed by atoms with Crippen LogP contribution in [-0.4, -0.2) is 31.2 Å². The van der Waals surface area contributed by atoms with E-state index >= 15 is 0 Å². The summed E-state index contributed by atoms with van der Waals surface area (Å²) in [5.74, 6) is -0.419. The number of allylic oxidation sites excluding steroid dienone is 1. The Morgan fingerprint density at radius 3 is 2.58 bits per heavy atom. The molecule has 3 heterocycles. The number of hydrogen-bond acceptors (Lipinski definition) is 4. The highest BCUT2D eigenvalue weighted by atomic mass is 19.4. The van der Waals surface area contributed by atoms with Crippen molar-refractivity contribution >= 4 is 28.4 Å². The summed E-state index contributed by atoms with van der Waals surface area (Å²) < 4.78 is 41.6. The molecule has 0 saturated carbocycles. The molecule has 1 amide bonds. The number of pyridine rings is 1. The number of aromatic nitrogens is 4. The maximum atomic E-state index is 13.9. The van der Waals surface area contributed by atoms with Gasteiger partial charge in [0.2, 0.25) is 0 Å². The van der Waals surface area contributed by atoms with E-state index in [0.29, 0.717) is 33.7 Å². The number of hydrogen-bond donors (Lipinski definition) is 1. The van der Waals surface area contributed by atoms with Gasteiger partial charge in [0.05, 0.1) is 17.1 Å². The first-order valence-electron chi connectivity index (χ1n) is 11.7. The highest BCUT2D eigenvalue weighted by molar-refractivity contribution is 6.01. The Labute approximate surface area is 214 Å². The van der Waals surface area contributed by atoms with Gasteiger partial charge in [0, 0.05) is 29.9 Å². The number of aryl methyl sites for hydroxylation is 1. The molecule has 0 spiro atoms. The Balaban J connectivity index is 1.65. The van der Waals surface area contributed by atoms with Gasteiger partial charge in [-0.1, -0.05) is 36.4 Å². The first-order valence-corrected chi connectivity index (χ1v) is 11.7. The minimum atomic E-state index is -4.52. The van der Waals surface area contributed by atoms with Gasteiger partial charge in [0.25, 0.3) is 11.5 Å². The van der Waals surface area contributed by atoms with Crippen LogP contribution >= 0.6 is 0 Å². The third-order valence-corrected chi connectivity index (χ3v) is 6.16. The van der Waals surface area contributed by atoms with Crippen LogP contribution in [-0.2, 0) is 0 Å². The van der Waals surface area contributed by atoms with Crippen LogP contribution in [0.3, 0.4) is 0 Å². The van der Waals surface area contributed by atoms with Crippen LogP contribution in [0.2, 0.25) is 0 Å². The van der Waals surface area contributed by atoms with Crippen molar-refractivity contribution in [1.82, 2.24) is 24.5 Å². The monoisotopic (exact) mass is 517 g/mol. The van der Waals surface area contributed by atoms with E-state index in [-0.39, 0.29) is 17.0 Å². The van der Waals surface area contributed by atoms with Crippen molar-refractivity contribution in [1.29, 1.82) is 0 Å². The van der Waals surface area contributed by atoms with Crippen LogP contribution in [0.4, 0.5) is 13.2 Å². The van der Waals surface area contributed by atoms with Crippen molar-refractivity contribution in [2.45, 2.75) is 26.1 Å². The van der Waals surface area contributed by atoms with E-state index < -0.39 is 23.7 Å². The van der Waals surface area contributed by atoms with Crippen LogP contribution in [0, 0.1) is 6.92 Å². The summed E-state index contributed by atoms with van der Waals surface area (Å²) in [6.45, 7) is 3.44. The fraction of sp³-hybridized carbons (Fsp3) is 0.143. The molecule has 0 bridgehead atoms. The summed E-state index contributed by atoms with van der Waals surface area (Å²) >= 11 is 0. The van der Waals surface area contributed by atoms with Gasteiger partial charge in [-0.2, -0.15) is 18.3 Å². The maximum absolute atomic E-state index is 13.9. The molecule has 0 aliphatic carbocycles. The Hall–Kier alpha value is -4.73. The van der Waals surface area contributed by atoms with E-state index in [1.165, 1.54) is 15.1 Å². The lowest BCUT2D eigenvalue weighted by Gasteiger charge is -2.21. The number of benzene rings is 2. The van der Waals surface area contributed by atoms with E-state index in [2.05, 4.69) is 15.4 Å².